The van der Waals surface area contributed by atoms with E-state index in [0.29, 0.717) is 19.3 Å². The predicted molar refractivity (Wildman–Crippen MR) is 69.1 cm³/mol. The fourth-order valence-electron chi connectivity index (χ4n) is 1.86. The summed E-state index contributed by atoms with van der Waals surface area (Å²) >= 11 is 0. The zero-order valence-electron chi connectivity index (χ0n) is 10.7. The Kier molecular flexibility index (Phi) is 5.61. The molecule has 1 aromatic rings. The highest BCUT2D eigenvalue weighted by Gasteiger charge is 2.07. The molecule has 0 heterocycles. The maximum atomic E-state index is 11.6. The molecule has 0 radical (unpaired) electrons. The van der Waals surface area contributed by atoms with Gasteiger partial charge in [0.25, 0.3) is 0 Å². The highest BCUT2D eigenvalue weighted by molar-refractivity contribution is 5.81. The SMILES string of the molecule is CCCC(=O)Cc1ccccc1CCC(C)=O. The first kappa shape index (κ1) is 13.6. The average molecular weight is 232 g/mol. The molecule has 0 unspecified atom stereocenters. The Morgan fingerprint density at radius 1 is 1.06 bits per heavy atom. The molecule has 0 aromatic heterocycles. The number of carbonyl (C=O) groups is 2. The van der Waals surface area contributed by atoms with E-state index < -0.39 is 0 Å². The normalized spacial score (nSPS) is 10.2. The quantitative estimate of drug-likeness (QED) is 0.723. The molecule has 0 amide bonds. The van der Waals surface area contributed by atoms with Crippen LogP contribution in [0, 0.1) is 0 Å². The van der Waals surface area contributed by atoms with Gasteiger partial charge in [-0.25, -0.2) is 0 Å². The van der Waals surface area contributed by atoms with E-state index in [1.807, 2.05) is 31.2 Å². The maximum absolute atomic E-state index is 11.6. The standard InChI is InChI=1S/C15H20O2/c1-3-6-15(17)11-14-8-5-4-7-13(14)10-9-12(2)16/h4-5,7-8H,3,6,9-11H2,1-2H3. The third-order valence-electron chi connectivity index (χ3n) is 2.78. The first-order valence-electron chi connectivity index (χ1n) is 6.21. The van der Waals surface area contributed by atoms with Crippen molar-refractivity contribution in [3.63, 3.8) is 0 Å². The van der Waals surface area contributed by atoms with Crippen LogP contribution in [0.1, 0.15) is 44.2 Å². The summed E-state index contributed by atoms with van der Waals surface area (Å²) in [5.74, 6) is 0.475. The maximum Gasteiger partial charge on any atom is 0.137 e. The Labute approximate surface area is 103 Å². The van der Waals surface area contributed by atoms with E-state index >= 15 is 0 Å². The second-order valence-corrected chi connectivity index (χ2v) is 4.44. The lowest BCUT2D eigenvalue weighted by atomic mass is 9.97. The van der Waals surface area contributed by atoms with E-state index in [1.54, 1.807) is 6.92 Å². The van der Waals surface area contributed by atoms with Crippen LogP contribution in [-0.2, 0) is 22.4 Å². The van der Waals surface area contributed by atoms with Gasteiger partial charge in [0.05, 0.1) is 0 Å². The summed E-state index contributed by atoms with van der Waals surface area (Å²) in [5, 5.41) is 0. The van der Waals surface area contributed by atoms with Crippen LogP contribution in [0.15, 0.2) is 24.3 Å². The number of ketones is 2. The summed E-state index contributed by atoms with van der Waals surface area (Å²) in [7, 11) is 0. The number of hydrogen-bond acceptors (Lipinski definition) is 2. The van der Waals surface area contributed by atoms with E-state index in [0.717, 1.165) is 24.0 Å². The second kappa shape index (κ2) is 7.00. The van der Waals surface area contributed by atoms with Crippen LogP contribution in [-0.4, -0.2) is 11.6 Å². The second-order valence-electron chi connectivity index (χ2n) is 4.44. The lowest BCUT2D eigenvalue weighted by Gasteiger charge is -2.07. The molecule has 0 aliphatic carbocycles. The zero-order chi connectivity index (χ0) is 12.7. The summed E-state index contributed by atoms with van der Waals surface area (Å²) in [6, 6.07) is 7.91. The predicted octanol–water partition coefficient (Wildman–Crippen LogP) is 3.12. The monoisotopic (exact) mass is 232 g/mol. The summed E-state index contributed by atoms with van der Waals surface area (Å²) in [6.45, 7) is 3.62. The average Bonchev–Trinajstić information content (AvgIpc) is 2.28. The molecule has 92 valence electrons. The van der Waals surface area contributed by atoms with Gasteiger partial charge in [0, 0.05) is 19.3 Å². The summed E-state index contributed by atoms with van der Waals surface area (Å²) in [5.41, 5.74) is 2.21. The Bertz CT molecular complexity index is 394. The molecule has 1 aromatic carbocycles. The highest BCUT2D eigenvalue weighted by atomic mass is 16.1. The van der Waals surface area contributed by atoms with Gasteiger partial charge in [0.1, 0.15) is 11.6 Å². The third-order valence-corrected chi connectivity index (χ3v) is 2.78. The van der Waals surface area contributed by atoms with Crippen molar-refractivity contribution >= 4 is 11.6 Å². The van der Waals surface area contributed by atoms with E-state index in [-0.39, 0.29) is 11.6 Å². The fraction of sp³-hybridized carbons (Fsp3) is 0.467. The first-order valence-corrected chi connectivity index (χ1v) is 6.21. The van der Waals surface area contributed by atoms with Crippen LogP contribution in [0.25, 0.3) is 0 Å². The van der Waals surface area contributed by atoms with E-state index in [9.17, 15) is 9.59 Å². The van der Waals surface area contributed by atoms with Gasteiger partial charge in [-0.15, -0.1) is 0 Å². The van der Waals surface area contributed by atoms with Crippen molar-refractivity contribution in [2.24, 2.45) is 0 Å². The number of aryl methyl sites for hydroxylation is 1. The fourth-order valence-corrected chi connectivity index (χ4v) is 1.86. The Morgan fingerprint density at radius 3 is 2.29 bits per heavy atom. The van der Waals surface area contributed by atoms with Gasteiger partial charge < -0.3 is 4.79 Å². The van der Waals surface area contributed by atoms with Crippen molar-refractivity contribution in [3.05, 3.63) is 35.4 Å². The van der Waals surface area contributed by atoms with Crippen molar-refractivity contribution < 1.29 is 9.59 Å². The van der Waals surface area contributed by atoms with Crippen molar-refractivity contribution in [2.75, 3.05) is 0 Å². The third kappa shape index (κ3) is 4.94. The minimum atomic E-state index is 0.194. The van der Waals surface area contributed by atoms with Gasteiger partial charge in [-0.05, 0) is 30.9 Å². The number of Topliss-reactive ketones (excluding diaryl/α,β-unsaturated/α-hetero) is 2. The van der Waals surface area contributed by atoms with Crippen LogP contribution in [0.4, 0.5) is 0 Å². The van der Waals surface area contributed by atoms with Gasteiger partial charge in [-0.3, -0.25) is 4.79 Å². The lowest BCUT2D eigenvalue weighted by Crippen LogP contribution is -2.05. The van der Waals surface area contributed by atoms with E-state index in [4.69, 9.17) is 0 Å². The zero-order valence-corrected chi connectivity index (χ0v) is 10.7. The molecule has 0 N–H and O–H groups in total. The van der Waals surface area contributed by atoms with Crippen molar-refractivity contribution in [3.8, 4) is 0 Å². The molecule has 0 fully saturated rings. The molecular weight excluding hydrogens is 212 g/mol. The molecule has 2 nitrogen and oxygen atoms in total. The summed E-state index contributed by atoms with van der Waals surface area (Å²) in [4.78, 5) is 22.6. The molecule has 0 aliphatic heterocycles. The van der Waals surface area contributed by atoms with Crippen molar-refractivity contribution in [1.29, 1.82) is 0 Å². The van der Waals surface area contributed by atoms with Gasteiger partial charge in [0.2, 0.25) is 0 Å². The Hall–Kier alpha value is -1.44. The Morgan fingerprint density at radius 2 is 1.71 bits per heavy atom. The van der Waals surface area contributed by atoms with E-state index in [2.05, 4.69) is 0 Å². The smallest absolute Gasteiger partial charge is 0.137 e. The van der Waals surface area contributed by atoms with Gasteiger partial charge >= 0.3 is 0 Å². The molecule has 0 saturated heterocycles. The van der Waals surface area contributed by atoms with Crippen LogP contribution >= 0.6 is 0 Å². The van der Waals surface area contributed by atoms with Crippen molar-refractivity contribution in [1.82, 2.24) is 0 Å². The number of hydrogen-bond donors (Lipinski definition) is 0. The van der Waals surface area contributed by atoms with Crippen LogP contribution < -0.4 is 0 Å². The van der Waals surface area contributed by atoms with Crippen molar-refractivity contribution in [2.45, 2.75) is 46.0 Å². The molecule has 1 rings (SSSR count). The number of carbonyl (C=O) groups excluding carboxylic acids is 2. The Balaban J connectivity index is 2.70. The van der Waals surface area contributed by atoms with Crippen LogP contribution in [0.5, 0.6) is 0 Å². The molecule has 2 heteroatoms. The topological polar surface area (TPSA) is 34.1 Å². The summed E-state index contributed by atoms with van der Waals surface area (Å²) < 4.78 is 0. The van der Waals surface area contributed by atoms with E-state index in [1.165, 1.54) is 0 Å². The lowest BCUT2D eigenvalue weighted by molar-refractivity contribution is -0.118. The molecular formula is C15H20O2. The van der Waals surface area contributed by atoms with Gasteiger partial charge in [0.15, 0.2) is 0 Å². The van der Waals surface area contributed by atoms with Gasteiger partial charge in [-0.1, -0.05) is 31.2 Å². The number of benzene rings is 1. The van der Waals surface area contributed by atoms with Gasteiger partial charge in [-0.2, -0.15) is 0 Å². The van der Waals surface area contributed by atoms with Crippen LogP contribution in [0.3, 0.4) is 0 Å². The first-order chi connectivity index (χ1) is 8.13. The minimum absolute atomic E-state index is 0.194. The molecule has 0 saturated carbocycles. The highest BCUT2D eigenvalue weighted by Crippen LogP contribution is 2.13. The minimum Gasteiger partial charge on any atom is -0.300 e. The largest absolute Gasteiger partial charge is 0.300 e. The molecule has 17 heavy (non-hydrogen) atoms. The molecule has 0 atom stereocenters. The number of rotatable bonds is 7. The molecule has 0 bridgehead atoms. The molecule has 0 spiro atoms. The summed E-state index contributed by atoms with van der Waals surface area (Å²) in [6.07, 6.45) is 3.33. The molecule has 0 aliphatic rings. The van der Waals surface area contributed by atoms with Crippen LogP contribution in [0.2, 0.25) is 0 Å².